The van der Waals surface area contributed by atoms with E-state index in [1.807, 2.05) is 6.07 Å². The number of benzene rings is 1. The average molecular weight is 292 g/mol. The Morgan fingerprint density at radius 2 is 1.81 bits per heavy atom. The normalized spacial score (nSPS) is 11.7. The third kappa shape index (κ3) is 6.21. The van der Waals surface area contributed by atoms with E-state index in [1.54, 1.807) is 31.2 Å². The maximum absolute atomic E-state index is 12.3. The molecule has 21 heavy (non-hydrogen) atoms. The van der Waals surface area contributed by atoms with Crippen molar-refractivity contribution in [3.63, 3.8) is 0 Å². The summed E-state index contributed by atoms with van der Waals surface area (Å²) in [4.78, 5) is 34.4. The first-order chi connectivity index (χ1) is 10.0. The van der Waals surface area contributed by atoms with Crippen molar-refractivity contribution in [2.75, 3.05) is 6.61 Å². The van der Waals surface area contributed by atoms with Crippen LogP contribution < -0.4 is 0 Å². The van der Waals surface area contributed by atoms with Crippen molar-refractivity contribution in [1.82, 2.24) is 0 Å². The molecule has 5 heteroatoms. The number of esters is 1. The molecule has 0 fully saturated rings. The van der Waals surface area contributed by atoms with Crippen LogP contribution in [0.25, 0.3) is 0 Å². The number of carboxylic acids is 1. The summed E-state index contributed by atoms with van der Waals surface area (Å²) in [5, 5.41) is 8.61. The molecular weight excluding hydrogens is 272 g/mol. The second-order valence-corrected chi connectivity index (χ2v) is 4.69. The van der Waals surface area contributed by atoms with E-state index < -0.39 is 17.9 Å². The van der Waals surface area contributed by atoms with Crippen LogP contribution in [0.4, 0.5) is 0 Å². The minimum Gasteiger partial charge on any atom is -0.481 e. The van der Waals surface area contributed by atoms with Gasteiger partial charge >= 0.3 is 11.9 Å². The van der Waals surface area contributed by atoms with Gasteiger partial charge in [-0.1, -0.05) is 30.3 Å². The van der Waals surface area contributed by atoms with Gasteiger partial charge in [0.2, 0.25) is 0 Å². The van der Waals surface area contributed by atoms with E-state index in [0.29, 0.717) is 0 Å². The molecule has 1 N–H and O–H groups in total. The molecule has 1 aromatic carbocycles. The molecule has 0 spiro atoms. The highest BCUT2D eigenvalue weighted by atomic mass is 16.5. The summed E-state index contributed by atoms with van der Waals surface area (Å²) in [6.07, 6.45) is 0.363. The number of Topliss-reactive ketones (excluding diaryl/α,β-unsaturated/α-hetero) is 1. The van der Waals surface area contributed by atoms with E-state index >= 15 is 0 Å². The summed E-state index contributed by atoms with van der Waals surface area (Å²) < 4.78 is 4.90. The number of hydrogen-bond donors (Lipinski definition) is 1. The summed E-state index contributed by atoms with van der Waals surface area (Å²) in [6.45, 7) is 1.98. The lowest BCUT2D eigenvalue weighted by Gasteiger charge is -2.15. The van der Waals surface area contributed by atoms with Gasteiger partial charge in [0.15, 0.2) is 0 Å². The van der Waals surface area contributed by atoms with E-state index in [9.17, 15) is 14.4 Å². The van der Waals surface area contributed by atoms with Gasteiger partial charge in [-0.3, -0.25) is 14.4 Å². The van der Waals surface area contributed by atoms with Crippen LogP contribution in [-0.4, -0.2) is 29.4 Å². The number of carboxylic acid groups (broad SMARTS) is 1. The van der Waals surface area contributed by atoms with E-state index in [2.05, 4.69) is 0 Å². The molecule has 0 aliphatic carbocycles. The van der Waals surface area contributed by atoms with Crippen LogP contribution in [0.1, 0.15) is 44.1 Å². The van der Waals surface area contributed by atoms with Crippen LogP contribution in [0.2, 0.25) is 0 Å². The predicted molar refractivity (Wildman–Crippen MR) is 76.9 cm³/mol. The minimum absolute atomic E-state index is 0.0102. The van der Waals surface area contributed by atoms with E-state index in [4.69, 9.17) is 9.84 Å². The van der Waals surface area contributed by atoms with Gasteiger partial charge in [-0.2, -0.15) is 0 Å². The molecule has 0 amide bonds. The number of carbonyl (C=O) groups is 3. The zero-order valence-corrected chi connectivity index (χ0v) is 12.1. The third-order valence-corrected chi connectivity index (χ3v) is 3.08. The first-order valence-corrected chi connectivity index (χ1v) is 6.99. The van der Waals surface area contributed by atoms with Gasteiger partial charge in [-0.15, -0.1) is 0 Å². The van der Waals surface area contributed by atoms with Gasteiger partial charge < -0.3 is 9.84 Å². The van der Waals surface area contributed by atoms with E-state index in [0.717, 1.165) is 5.56 Å². The molecule has 0 radical (unpaired) electrons. The second-order valence-electron chi connectivity index (χ2n) is 4.69. The molecule has 1 aromatic rings. The smallest absolute Gasteiger partial charge is 0.306 e. The highest BCUT2D eigenvalue weighted by Crippen LogP contribution is 2.23. The Morgan fingerprint density at radius 3 is 2.38 bits per heavy atom. The third-order valence-electron chi connectivity index (χ3n) is 3.08. The first-order valence-electron chi connectivity index (χ1n) is 6.99. The quantitative estimate of drug-likeness (QED) is 0.707. The number of ether oxygens (including phenoxy) is 1. The van der Waals surface area contributed by atoms with Crippen LogP contribution in [-0.2, 0) is 19.1 Å². The zero-order chi connectivity index (χ0) is 15.7. The average Bonchev–Trinajstić information content (AvgIpc) is 2.45. The number of rotatable bonds is 9. The van der Waals surface area contributed by atoms with Gasteiger partial charge in [0.1, 0.15) is 5.78 Å². The first kappa shape index (κ1) is 16.9. The number of aliphatic carboxylic acids is 1. The molecule has 114 valence electrons. The van der Waals surface area contributed by atoms with Crippen LogP contribution in [0, 0.1) is 0 Å². The number of ketones is 1. The molecule has 0 aromatic heterocycles. The van der Waals surface area contributed by atoms with Crippen molar-refractivity contribution in [1.29, 1.82) is 0 Å². The lowest BCUT2D eigenvalue weighted by atomic mass is 9.89. The molecular formula is C16H20O5. The highest BCUT2D eigenvalue weighted by molar-refractivity contribution is 5.90. The molecule has 0 bridgehead atoms. The topological polar surface area (TPSA) is 80.7 Å². The van der Waals surface area contributed by atoms with Crippen LogP contribution in [0.3, 0.4) is 0 Å². The SMILES string of the molecule is CCOC(=O)CC(C(=O)CCCC(=O)O)c1ccccc1. The molecule has 0 saturated heterocycles. The number of carbonyl (C=O) groups excluding carboxylic acids is 2. The predicted octanol–water partition coefficient (Wildman–Crippen LogP) is 2.55. The lowest BCUT2D eigenvalue weighted by molar-refractivity contribution is -0.145. The standard InChI is InChI=1S/C16H20O5/c1-2-21-16(20)11-13(12-7-4-3-5-8-12)14(17)9-6-10-15(18)19/h3-5,7-8,13H,2,6,9-11H2,1H3,(H,18,19). The van der Waals surface area contributed by atoms with Crippen LogP contribution in [0.5, 0.6) is 0 Å². The van der Waals surface area contributed by atoms with Crippen LogP contribution >= 0.6 is 0 Å². The molecule has 0 aliphatic rings. The molecule has 0 saturated carbocycles. The van der Waals surface area contributed by atoms with Crippen molar-refractivity contribution in [3.05, 3.63) is 35.9 Å². The van der Waals surface area contributed by atoms with Crippen molar-refractivity contribution in [2.24, 2.45) is 0 Å². The molecule has 0 heterocycles. The Kier molecular flexibility index (Phi) is 7.15. The Labute approximate surface area is 123 Å². The molecule has 1 rings (SSSR count). The van der Waals surface area contributed by atoms with Crippen LogP contribution in [0.15, 0.2) is 30.3 Å². The largest absolute Gasteiger partial charge is 0.481 e. The summed E-state index contributed by atoms with van der Waals surface area (Å²) in [5.41, 5.74) is 0.755. The monoisotopic (exact) mass is 292 g/mol. The number of hydrogen-bond acceptors (Lipinski definition) is 4. The fourth-order valence-electron chi connectivity index (χ4n) is 2.08. The van der Waals surface area contributed by atoms with Gasteiger partial charge in [0.05, 0.1) is 18.9 Å². The maximum atomic E-state index is 12.3. The van der Waals surface area contributed by atoms with E-state index in [1.165, 1.54) is 0 Å². The van der Waals surface area contributed by atoms with Gasteiger partial charge in [0, 0.05) is 12.8 Å². The van der Waals surface area contributed by atoms with Crippen molar-refractivity contribution >= 4 is 17.7 Å². The molecule has 1 unspecified atom stereocenters. The highest BCUT2D eigenvalue weighted by Gasteiger charge is 2.24. The Hall–Kier alpha value is -2.17. The fourth-order valence-corrected chi connectivity index (χ4v) is 2.08. The van der Waals surface area contributed by atoms with Gasteiger partial charge in [-0.25, -0.2) is 0 Å². The van der Waals surface area contributed by atoms with Gasteiger partial charge in [-0.05, 0) is 18.9 Å². The van der Waals surface area contributed by atoms with Crippen molar-refractivity contribution in [2.45, 2.75) is 38.5 Å². The van der Waals surface area contributed by atoms with E-state index in [-0.39, 0.29) is 38.1 Å². The van der Waals surface area contributed by atoms with Crippen molar-refractivity contribution in [3.8, 4) is 0 Å². The van der Waals surface area contributed by atoms with Crippen molar-refractivity contribution < 1.29 is 24.2 Å². The zero-order valence-electron chi connectivity index (χ0n) is 12.1. The lowest BCUT2D eigenvalue weighted by Crippen LogP contribution is -2.18. The minimum atomic E-state index is -0.926. The summed E-state index contributed by atoms with van der Waals surface area (Å²) >= 11 is 0. The Morgan fingerprint density at radius 1 is 1.14 bits per heavy atom. The Bertz CT molecular complexity index is 481. The fraction of sp³-hybridized carbons (Fsp3) is 0.438. The summed E-state index contributed by atoms with van der Waals surface area (Å²) in [7, 11) is 0. The second kappa shape index (κ2) is 8.89. The molecule has 5 nitrogen and oxygen atoms in total. The van der Waals surface area contributed by atoms with Gasteiger partial charge in [0.25, 0.3) is 0 Å². The Balaban J connectivity index is 2.74. The maximum Gasteiger partial charge on any atom is 0.306 e. The summed E-state index contributed by atoms with van der Waals surface area (Å²) in [6, 6.07) is 9.02. The summed E-state index contributed by atoms with van der Waals surface area (Å²) in [5.74, 6) is -2.04. The molecule has 1 atom stereocenters. The molecule has 0 aliphatic heterocycles.